The van der Waals surface area contributed by atoms with Gasteiger partial charge in [-0.3, -0.25) is 4.99 Å². The number of hydrogen-bond donors (Lipinski definition) is 1. The Hall–Kier alpha value is -1.80. The number of rotatable bonds is 1. The lowest BCUT2D eigenvalue weighted by Crippen LogP contribution is -2.24. The van der Waals surface area contributed by atoms with Gasteiger partial charge in [0.2, 0.25) is 0 Å². The highest BCUT2D eigenvalue weighted by Crippen LogP contribution is 2.40. The molecule has 1 atom stereocenters. The molecule has 0 bridgehead atoms. The first-order chi connectivity index (χ1) is 9.81. The quantitative estimate of drug-likeness (QED) is 0.785. The van der Waals surface area contributed by atoms with Crippen molar-refractivity contribution in [1.82, 2.24) is 0 Å². The maximum absolute atomic E-state index is 6.03. The van der Waals surface area contributed by atoms with Crippen molar-refractivity contribution in [3.05, 3.63) is 58.2 Å². The molecule has 100 valence electrons. The van der Waals surface area contributed by atoms with E-state index in [-0.39, 0.29) is 6.04 Å². The SMILES string of the molecule is ClC1=CCC(C2=NC3CC=Cc4cccc(c43)N2)=CC1. The van der Waals surface area contributed by atoms with Gasteiger partial charge in [-0.2, -0.15) is 0 Å². The average Bonchev–Trinajstić information content (AvgIpc) is 2.48. The van der Waals surface area contributed by atoms with Gasteiger partial charge in [-0.25, -0.2) is 0 Å². The van der Waals surface area contributed by atoms with E-state index in [9.17, 15) is 0 Å². The summed E-state index contributed by atoms with van der Waals surface area (Å²) in [5, 5.41) is 4.42. The molecule has 2 aliphatic carbocycles. The van der Waals surface area contributed by atoms with Gasteiger partial charge in [0.05, 0.1) is 6.04 Å². The van der Waals surface area contributed by atoms with Crippen LogP contribution in [0.5, 0.6) is 0 Å². The predicted octanol–water partition coefficient (Wildman–Crippen LogP) is 4.81. The lowest BCUT2D eigenvalue weighted by molar-refractivity contribution is 0.729. The summed E-state index contributed by atoms with van der Waals surface area (Å²) in [6, 6.07) is 6.66. The van der Waals surface area contributed by atoms with E-state index in [0.29, 0.717) is 0 Å². The summed E-state index contributed by atoms with van der Waals surface area (Å²) in [6.07, 6.45) is 11.3. The third kappa shape index (κ3) is 1.92. The summed E-state index contributed by atoms with van der Waals surface area (Å²) in [5.41, 5.74) is 5.07. The molecule has 0 saturated carbocycles. The van der Waals surface area contributed by atoms with Crippen molar-refractivity contribution in [3.63, 3.8) is 0 Å². The summed E-state index contributed by atoms with van der Waals surface area (Å²) in [5.74, 6) is 1.01. The van der Waals surface area contributed by atoms with Crippen molar-refractivity contribution >= 4 is 29.2 Å². The van der Waals surface area contributed by atoms with Gasteiger partial charge in [-0.15, -0.1) is 0 Å². The molecule has 0 amide bonds. The van der Waals surface area contributed by atoms with Crippen LogP contribution in [0, 0.1) is 0 Å². The molecule has 3 heteroatoms. The van der Waals surface area contributed by atoms with Gasteiger partial charge in [0, 0.05) is 22.7 Å². The predicted molar refractivity (Wildman–Crippen MR) is 85.1 cm³/mol. The maximum Gasteiger partial charge on any atom is 0.129 e. The Balaban J connectivity index is 1.73. The van der Waals surface area contributed by atoms with E-state index in [4.69, 9.17) is 16.6 Å². The molecule has 0 spiro atoms. The summed E-state index contributed by atoms with van der Waals surface area (Å²) < 4.78 is 0. The zero-order valence-electron chi connectivity index (χ0n) is 11.1. The first-order valence-electron chi connectivity index (χ1n) is 6.99. The van der Waals surface area contributed by atoms with Crippen LogP contribution in [0.2, 0.25) is 0 Å². The smallest absolute Gasteiger partial charge is 0.129 e. The first-order valence-corrected chi connectivity index (χ1v) is 7.37. The fraction of sp³-hybridized carbons (Fsp3) is 0.235. The number of benzene rings is 1. The molecule has 1 aliphatic heterocycles. The highest BCUT2D eigenvalue weighted by Gasteiger charge is 2.26. The molecule has 1 heterocycles. The van der Waals surface area contributed by atoms with Gasteiger partial charge in [0.15, 0.2) is 0 Å². The van der Waals surface area contributed by atoms with Gasteiger partial charge in [-0.1, -0.05) is 48.0 Å². The Morgan fingerprint density at radius 3 is 3.00 bits per heavy atom. The third-order valence-electron chi connectivity index (χ3n) is 4.06. The second-order valence-corrected chi connectivity index (χ2v) is 5.84. The first kappa shape index (κ1) is 12.0. The minimum atomic E-state index is 0.254. The molecule has 1 N–H and O–H groups in total. The minimum Gasteiger partial charge on any atom is -0.340 e. The highest BCUT2D eigenvalue weighted by atomic mass is 35.5. The molecule has 3 aliphatic rings. The second kappa shape index (κ2) is 4.64. The van der Waals surface area contributed by atoms with Crippen LogP contribution in [0.1, 0.15) is 36.4 Å². The monoisotopic (exact) mass is 282 g/mol. The van der Waals surface area contributed by atoms with Crippen molar-refractivity contribution in [2.45, 2.75) is 25.3 Å². The molecule has 2 nitrogen and oxygen atoms in total. The Morgan fingerprint density at radius 2 is 2.15 bits per heavy atom. The fourth-order valence-corrected chi connectivity index (χ4v) is 3.20. The van der Waals surface area contributed by atoms with E-state index < -0.39 is 0 Å². The van der Waals surface area contributed by atoms with Crippen LogP contribution >= 0.6 is 11.6 Å². The molecular formula is C17H15ClN2. The van der Waals surface area contributed by atoms with Crippen molar-refractivity contribution in [2.24, 2.45) is 4.99 Å². The molecule has 20 heavy (non-hydrogen) atoms. The second-order valence-electron chi connectivity index (χ2n) is 5.35. The van der Waals surface area contributed by atoms with Crippen LogP contribution in [0.3, 0.4) is 0 Å². The molecule has 1 aromatic carbocycles. The largest absolute Gasteiger partial charge is 0.340 e. The van der Waals surface area contributed by atoms with Crippen LogP contribution in [0.25, 0.3) is 6.08 Å². The fourth-order valence-electron chi connectivity index (χ4n) is 3.05. The Kier molecular flexibility index (Phi) is 2.78. The zero-order chi connectivity index (χ0) is 13.5. The third-order valence-corrected chi connectivity index (χ3v) is 4.37. The van der Waals surface area contributed by atoms with Crippen molar-refractivity contribution in [2.75, 3.05) is 5.32 Å². The van der Waals surface area contributed by atoms with Crippen LogP contribution in [0.15, 0.2) is 52.0 Å². The normalized spacial score (nSPS) is 23.2. The topological polar surface area (TPSA) is 24.4 Å². The van der Waals surface area contributed by atoms with E-state index in [1.165, 1.54) is 22.4 Å². The zero-order valence-corrected chi connectivity index (χ0v) is 11.8. The van der Waals surface area contributed by atoms with Crippen LogP contribution in [0.4, 0.5) is 5.69 Å². The lowest BCUT2D eigenvalue weighted by atomic mass is 9.89. The van der Waals surface area contributed by atoms with E-state index in [0.717, 1.165) is 30.1 Å². The van der Waals surface area contributed by atoms with Crippen molar-refractivity contribution in [1.29, 1.82) is 0 Å². The van der Waals surface area contributed by atoms with Crippen LogP contribution < -0.4 is 5.32 Å². The molecule has 4 rings (SSSR count). The Bertz CT molecular complexity index is 695. The number of amidine groups is 1. The number of halogens is 1. The Morgan fingerprint density at radius 1 is 1.20 bits per heavy atom. The summed E-state index contributed by atoms with van der Waals surface area (Å²) >= 11 is 6.03. The number of anilines is 1. The van der Waals surface area contributed by atoms with Crippen molar-refractivity contribution in [3.8, 4) is 0 Å². The van der Waals surface area contributed by atoms with E-state index in [2.05, 4.69) is 47.8 Å². The van der Waals surface area contributed by atoms with Crippen LogP contribution in [-0.4, -0.2) is 5.84 Å². The summed E-state index contributed by atoms with van der Waals surface area (Å²) in [4.78, 5) is 4.92. The number of hydrogen-bond acceptors (Lipinski definition) is 2. The summed E-state index contributed by atoms with van der Waals surface area (Å²) in [7, 11) is 0. The maximum atomic E-state index is 6.03. The molecule has 0 radical (unpaired) electrons. The van der Waals surface area contributed by atoms with Crippen molar-refractivity contribution < 1.29 is 0 Å². The number of allylic oxidation sites excluding steroid dienone is 3. The standard InChI is InChI=1S/C17H15ClN2/c18-13-9-7-12(8-10-13)17-19-14-5-1-3-11-4-2-6-15(20-17)16(11)14/h1-5,7,10,15H,6,8-9H2,(H,19,20). The Labute approximate surface area is 123 Å². The number of nitrogens with zero attached hydrogens (tertiary/aromatic N) is 1. The minimum absolute atomic E-state index is 0.254. The summed E-state index contributed by atoms with van der Waals surface area (Å²) in [6.45, 7) is 0. The van der Waals surface area contributed by atoms with Gasteiger partial charge in [0.1, 0.15) is 5.84 Å². The van der Waals surface area contributed by atoms with E-state index in [1.807, 2.05) is 0 Å². The highest BCUT2D eigenvalue weighted by molar-refractivity contribution is 6.30. The molecule has 0 saturated heterocycles. The molecular weight excluding hydrogens is 268 g/mol. The van der Waals surface area contributed by atoms with Gasteiger partial charge in [-0.05, 0) is 30.0 Å². The van der Waals surface area contributed by atoms with Crippen LogP contribution in [-0.2, 0) is 0 Å². The number of aliphatic imine (C=N–C) groups is 1. The molecule has 0 fully saturated rings. The molecule has 0 aromatic heterocycles. The van der Waals surface area contributed by atoms with Gasteiger partial charge >= 0.3 is 0 Å². The molecule has 1 unspecified atom stereocenters. The lowest BCUT2D eigenvalue weighted by Gasteiger charge is -2.29. The van der Waals surface area contributed by atoms with E-state index in [1.54, 1.807) is 0 Å². The number of nitrogens with one attached hydrogen (secondary N) is 1. The van der Waals surface area contributed by atoms with Gasteiger partial charge in [0.25, 0.3) is 0 Å². The average molecular weight is 283 g/mol. The van der Waals surface area contributed by atoms with Gasteiger partial charge < -0.3 is 5.32 Å². The van der Waals surface area contributed by atoms with E-state index >= 15 is 0 Å². The molecule has 1 aromatic rings.